The quantitative estimate of drug-likeness (QED) is 0.650. The summed E-state index contributed by atoms with van der Waals surface area (Å²) < 4.78 is 38.6. The van der Waals surface area contributed by atoms with Gasteiger partial charge in [-0.2, -0.15) is 13.2 Å². The van der Waals surface area contributed by atoms with Crippen molar-refractivity contribution in [2.24, 2.45) is 5.73 Å². The molecule has 2 aromatic rings. The van der Waals surface area contributed by atoms with Crippen molar-refractivity contribution in [3.63, 3.8) is 0 Å². The van der Waals surface area contributed by atoms with Gasteiger partial charge < -0.3 is 5.73 Å². The number of aryl methyl sites for hydroxylation is 1. The molecule has 0 aliphatic rings. The minimum Gasteiger partial charge on any atom is -0.384 e. The normalized spacial score (nSPS) is 11.4. The summed E-state index contributed by atoms with van der Waals surface area (Å²) in [5.74, 6) is -0.588. The number of benzene rings is 2. The highest BCUT2D eigenvalue weighted by atomic mass is 32.2. The Morgan fingerprint density at radius 3 is 2.38 bits per heavy atom. The molecule has 0 aliphatic heterocycles. The first kappa shape index (κ1) is 15.4. The number of halogens is 3. The van der Waals surface area contributed by atoms with E-state index in [1.54, 1.807) is 0 Å². The van der Waals surface area contributed by atoms with Crippen LogP contribution in [0.2, 0.25) is 0 Å². The van der Waals surface area contributed by atoms with Crippen molar-refractivity contribution in [2.45, 2.75) is 22.9 Å². The smallest absolute Gasteiger partial charge is 0.384 e. The van der Waals surface area contributed by atoms with E-state index in [-0.39, 0.29) is 5.56 Å². The molecule has 0 spiro atoms. The lowest BCUT2D eigenvalue weighted by Crippen LogP contribution is -2.18. The maximum atomic E-state index is 12.9. The van der Waals surface area contributed by atoms with Gasteiger partial charge in [0.2, 0.25) is 0 Å². The zero-order chi connectivity index (χ0) is 15.6. The van der Waals surface area contributed by atoms with E-state index in [1.165, 1.54) is 23.9 Å². The highest BCUT2D eigenvalue weighted by molar-refractivity contribution is 7.99. The van der Waals surface area contributed by atoms with Crippen LogP contribution in [0.15, 0.2) is 52.3 Å². The number of nitrogens with two attached hydrogens (primary N) is 1. The molecule has 0 saturated heterocycles. The van der Waals surface area contributed by atoms with E-state index >= 15 is 0 Å². The molecule has 2 rings (SSSR count). The van der Waals surface area contributed by atoms with Crippen molar-refractivity contribution in [3.05, 3.63) is 59.2 Å². The summed E-state index contributed by atoms with van der Waals surface area (Å²) in [4.78, 5) is 1.56. The third-order valence-corrected chi connectivity index (χ3v) is 4.08. The number of nitrogens with one attached hydrogen (secondary N) is 1. The molecule has 0 fully saturated rings. The van der Waals surface area contributed by atoms with Gasteiger partial charge in [0.05, 0.1) is 5.56 Å². The van der Waals surface area contributed by atoms with Crippen molar-refractivity contribution in [2.75, 3.05) is 0 Å². The monoisotopic (exact) mass is 310 g/mol. The molecule has 0 heterocycles. The molecule has 0 saturated carbocycles. The largest absolute Gasteiger partial charge is 0.417 e. The Bertz CT molecular complexity index is 681. The molecule has 2 nitrogen and oxygen atoms in total. The highest BCUT2D eigenvalue weighted by Crippen LogP contribution is 2.36. The first-order valence-electron chi connectivity index (χ1n) is 6.08. The van der Waals surface area contributed by atoms with Gasteiger partial charge in [-0.1, -0.05) is 30.0 Å². The van der Waals surface area contributed by atoms with E-state index in [0.29, 0.717) is 4.90 Å². The zero-order valence-corrected chi connectivity index (χ0v) is 12.0. The lowest BCUT2D eigenvalue weighted by atomic mass is 10.1. The maximum Gasteiger partial charge on any atom is 0.417 e. The summed E-state index contributed by atoms with van der Waals surface area (Å²) >= 11 is 1.35. The lowest BCUT2D eigenvalue weighted by Gasteiger charge is -2.13. The number of alkyl halides is 3. The third kappa shape index (κ3) is 3.58. The van der Waals surface area contributed by atoms with Crippen molar-refractivity contribution in [1.29, 1.82) is 5.41 Å². The predicted molar refractivity (Wildman–Crippen MR) is 77.8 cm³/mol. The Morgan fingerprint density at radius 1 is 1.14 bits per heavy atom. The SMILES string of the molecule is Cc1ccccc1Sc1ccc(C(F)(F)F)c(C(=N)N)c1. The zero-order valence-electron chi connectivity index (χ0n) is 11.2. The van der Waals surface area contributed by atoms with Crippen LogP contribution >= 0.6 is 11.8 Å². The highest BCUT2D eigenvalue weighted by Gasteiger charge is 2.34. The van der Waals surface area contributed by atoms with Crippen molar-refractivity contribution >= 4 is 17.6 Å². The van der Waals surface area contributed by atoms with Crippen LogP contribution in [0.3, 0.4) is 0 Å². The molecule has 0 atom stereocenters. The van der Waals surface area contributed by atoms with E-state index in [4.69, 9.17) is 11.1 Å². The topological polar surface area (TPSA) is 49.9 Å². The summed E-state index contributed by atoms with van der Waals surface area (Å²) in [5.41, 5.74) is 5.14. The molecule has 0 amide bonds. The predicted octanol–water partition coefficient (Wildman–Crippen LogP) is 4.45. The molecule has 0 bridgehead atoms. The first-order valence-corrected chi connectivity index (χ1v) is 6.90. The Balaban J connectivity index is 2.42. The van der Waals surface area contributed by atoms with Crippen LogP contribution in [0.25, 0.3) is 0 Å². The fourth-order valence-corrected chi connectivity index (χ4v) is 2.80. The number of hydrogen-bond acceptors (Lipinski definition) is 2. The van der Waals surface area contributed by atoms with Gasteiger partial charge in [0.25, 0.3) is 0 Å². The molecule has 0 aliphatic carbocycles. The molecule has 21 heavy (non-hydrogen) atoms. The number of amidine groups is 1. The van der Waals surface area contributed by atoms with E-state index in [1.807, 2.05) is 31.2 Å². The van der Waals surface area contributed by atoms with Gasteiger partial charge in [0.1, 0.15) is 5.84 Å². The maximum absolute atomic E-state index is 12.9. The van der Waals surface area contributed by atoms with E-state index in [2.05, 4.69) is 0 Å². The summed E-state index contributed by atoms with van der Waals surface area (Å²) in [5, 5.41) is 7.34. The molecule has 3 N–H and O–H groups in total. The summed E-state index contributed by atoms with van der Waals surface area (Å²) in [7, 11) is 0. The van der Waals surface area contributed by atoms with Crippen LogP contribution < -0.4 is 5.73 Å². The van der Waals surface area contributed by atoms with Crippen LogP contribution in [-0.4, -0.2) is 5.84 Å². The fraction of sp³-hybridized carbons (Fsp3) is 0.133. The molecule has 2 aromatic carbocycles. The van der Waals surface area contributed by atoms with Crippen LogP contribution in [0.4, 0.5) is 13.2 Å². The van der Waals surface area contributed by atoms with Crippen LogP contribution in [-0.2, 0) is 6.18 Å². The molecular weight excluding hydrogens is 297 g/mol. The molecular formula is C15H13F3N2S. The number of nitrogen functional groups attached to an aromatic ring is 1. The minimum absolute atomic E-state index is 0.291. The standard InChI is InChI=1S/C15H13F3N2S/c1-9-4-2-3-5-13(9)21-10-6-7-12(15(16,17)18)11(8-10)14(19)20/h2-8H,1H3,(H3,19,20). The Labute approximate surface area is 124 Å². The van der Waals surface area contributed by atoms with E-state index in [9.17, 15) is 13.2 Å². The van der Waals surface area contributed by atoms with E-state index < -0.39 is 17.6 Å². The summed E-state index contributed by atoms with van der Waals surface area (Å²) in [6.07, 6.45) is -4.52. The van der Waals surface area contributed by atoms with Crippen LogP contribution in [0, 0.1) is 12.3 Å². The van der Waals surface area contributed by atoms with Gasteiger partial charge >= 0.3 is 6.18 Å². The van der Waals surface area contributed by atoms with Gasteiger partial charge in [-0.05, 0) is 36.8 Å². The van der Waals surface area contributed by atoms with Crippen LogP contribution in [0.1, 0.15) is 16.7 Å². The Morgan fingerprint density at radius 2 is 1.81 bits per heavy atom. The molecule has 110 valence electrons. The van der Waals surface area contributed by atoms with Gasteiger partial charge in [-0.15, -0.1) is 0 Å². The van der Waals surface area contributed by atoms with Gasteiger partial charge in [-0.25, -0.2) is 0 Å². The number of hydrogen-bond donors (Lipinski definition) is 2. The molecule has 0 unspecified atom stereocenters. The third-order valence-electron chi connectivity index (χ3n) is 2.91. The minimum atomic E-state index is -4.52. The second kappa shape index (κ2) is 5.81. The van der Waals surface area contributed by atoms with Gasteiger partial charge in [0, 0.05) is 15.4 Å². The second-order valence-corrected chi connectivity index (χ2v) is 5.60. The fourth-order valence-electron chi connectivity index (χ4n) is 1.85. The van der Waals surface area contributed by atoms with Crippen molar-refractivity contribution in [3.8, 4) is 0 Å². The summed E-state index contributed by atoms with van der Waals surface area (Å²) in [6.45, 7) is 1.93. The van der Waals surface area contributed by atoms with Crippen molar-refractivity contribution in [1.82, 2.24) is 0 Å². The van der Waals surface area contributed by atoms with E-state index in [0.717, 1.165) is 16.5 Å². The van der Waals surface area contributed by atoms with Gasteiger partial charge in [0.15, 0.2) is 0 Å². The Kier molecular flexibility index (Phi) is 4.27. The molecule has 0 aromatic heterocycles. The summed E-state index contributed by atoms with van der Waals surface area (Å²) in [6, 6.07) is 11.3. The molecule has 0 radical (unpaired) electrons. The van der Waals surface area contributed by atoms with Crippen molar-refractivity contribution < 1.29 is 13.2 Å². The van der Waals surface area contributed by atoms with Gasteiger partial charge in [-0.3, -0.25) is 5.41 Å². The Hall–Kier alpha value is -1.95. The second-order valence-electron chi connectivity index (χ2n) is 4.49. The first-order chi connectivity index (χ1) is 9.79. The number of rotatable bonds is 3. The average molecular weight is 310 g/mol. The molecule has 6 heteroatoms. The average Bonchev–Trinajstić information content (AvgIpc) is 2.40. The van der Waals surface area contributed by atoms with Crippen LogP contribution in [0.5, 0.6) is 0 Å². The lowest BCUT2D eigenvalue weighted by molar-refractivity contribution is -0.137.